The fourth-order valence-corrected chi connectivity index (χ4v) is 2.98. The van der Waals surface area contributed by atoms with Gasteiger partial charge in [0.15, 0.2) is 6.17 Å². The zero-order valence-electron chi connectivity index (χ0n) is 16.8. The van der Waals surface area contributed by atoms with Gasteiger partial charge in [-0.15, -0.1) is 0 Å². The molecular formula is C23H24N4O3. The van der Waals surface area contributed by atoms with Crippen LogP contribution in [-0.2, 0) is 0 Å². The summed E-state index contributed by atoms with van der Waals surface area (Å²) < 4.78 is 0. The summed E-state index contributed by atoms with van der Waals surface area (Å²) >= 11 is 0. The number of benzene rings is 3. The van der Waals surface area contributed by atoms with Gasteiger partial charge < -0.3 is 15.3 Å². The maximum absolute atomic E-state index is 10.4. The van der Waals surface area contributed by atoms with Crippen molar-refractivity contribution in [2.75, 3.05) is 14.1 Å². The summed E-state index contributed by atoms with van der Waals surface area (Å²) in [5.74, 6) is 0.357. The summed E-state index contributed by atoms with van der Waals surface area (Å²) in [6.45, 7) is 0. The molecule has 0 aliphatic carbocycles. The zero-order valence-corrected chi connectivity index (χ0v) is 16.8. The third-order valence-corrected chi connectivity index (χ3v) is 4.55. The molecule has 7 nitrogen and oxygen atoms in total. The molecule has 0 aliphatic heterocycles. The van der Waals surface area contributed by atoms with E-state index in [9.17, 15) is 15.3 Å². The predicted octanol–water partition coefficient (Wildman–Crippen LogP) is 3.73. The Balaban J connectivity index is 1.91. The maximum Gasteiger partial charge on any atom is 0.162 e. The maximum atomic E-state index is 10.4. The number of hydrogen-bond acceptors (Lipinski definition) is 7. The van der Waals surface area contributed by atoms with Gasteiger partial charge in [-0.3, -0.25) is 10.0 Å². The van der Waals surface area contributed by atoms with E-state index in [-0.39, 0.29) is 17.2 Å². The molecule has 7 heteroatoms. The van der Waals surface area contributed by atoms with E-state index in [4.69, 9.17) is 0 Å². The van der Waals surface area contributed by atoms with Crippen LogP contribution in [0.4, 0.5) is 0 Å². The highest BCUT2D eigenvalue weighted by molar-refractivity contribution is 5.83. The summed E-state index contributed by atoms with van der Waals surface area (Å²) in [6, 6.07) is 20.7. The smallest absolute Gasteiger partial charge is 0.162 e. The molecule has 0 fully saturated rings. The van der Waals surface area contributed by atoms with E-state index in [1.807, 2.05) is 18.2 Å². The van der Waals surface area contributed by atoms with Crippen LogP contribution >= 0.6 is 0 Å². The van der Waals surface area contributed by atoms with Crippen molar-refractivity contribution in [2.45, 2.75) is 6.17 Å². The second-order valence-electron chi connectivity index (χ2n) is 6.69. The Bertz CT molecular complexity index is 990. The van der Waals surface area contributed by atoms with Gasteiger partial charge in [0.25, 0.3) is 0 Å². The van der Waals surface area contributed by atoms with Gasteiger partial charge in [-0.2, -0.15) is 10.2 Å². The van der Waals surface area contributed by atoms with Crippen LogP contribution in [0.5, 0.6) is 17.2 Å². The van der Waals surface area contributed by atoms with Gasteiger partial charge in [0, 0.05) is 30.8 Å². The summed E-state index contributed by atoms with van der Waals surface area (Å²) in [6.07, 6.45) is 2.54. The first-order chi connectivity index (χ1) is 14.5. The van der Waals surface area contributed by atoms with Crippen molar-refractivity contribution in [1.29, 1.82) is 0 Å². The highest BCUT2D eigenvalue weighted by Crippen LogP contribution is 2.30. The summed E-state index contributed by atoms with van der Waals surface area (Å²) in [5.41, 5.74) is 1.74. The lowest BCUT2D eigenvalue weighted by Gasteiger charge is -2.32. The molecule has 0 aromatic heterocycles. The van der Waals surface area contributed by atoms with Crippen LogP contribution in [0.2, 0.25) is 0 Å². The van der Waals surface area contributed by atoms with E-state index in [0.717, 1.165) is 0 Å². The van der Waals surface area contributed by atoms with Crippen LogP contribution in [0, 0.1) is 0 Å². The molecule has 0 aliphatic rings. The minimum atomic E-state index is -0.546. The third-order valence-electron chi connectivity index (χ3n) is 4.55. The molecule has 0 spiro atoms. The van der Waals surface area contributed by atoms with Crippen molar-refractivity contribution in [1.82, 2.24) is 10.0 Å². The van der Waals surface area contributed by atoms with Gasteiger partial charge >= 0.3 is 0 Å². The number of para-hydroxylation sites is 3. The predicted molar refractivity (Wildman–Crippen MR) is 118 cm³/mol. The molecule has 0 unspecified atom stereocenters. The quantitative estimate of drug-likeness (QED) is 0.317. The number of aromatic hydroxyl groups is 3. The Labute approximate surface area is 175 Å². The molecule has 0 radical (unpaired) electrons. The molecule has 3 rings (SSSR count). The number of phenols is 3. The Kier molecular flexibility index (Phi) is 6.54. The standard InChI is InChI=1S/C23H24N4O3/c1-26(24-15-17-9-3-6-12-20(17)28)23(19-11-5-8-14-22(19)30)27(2)25-16-18-10-4-7-13-21(18)29/h3-16,23,28-30H,1-2H3. The van der Waals surface area contributed by atoms with Crippen LogP contribution in [-0.4, -0.2) is 51.9 Å². The molecule has 3 aromatic carbocycles. The van der Waals surface area contributed by atoms with E-state index in [1.165, 1.54) is 0 Å². The second kappa shape index (κ2) is 9.47. The topological polar surface area (TPSA) is 91.9 Å². The van der Waals surface area contributed by atoms with Crippen molar-refractivity contribution in [3.05, 3.63) is 89.5 Å². The lowest BCUT2D eigenvalue weighted by molar-refractivity contribution is 0.0873. The highest BCUT2D eigenvalue weighted by atomic mass is 16.3. The number of phenolic OH excluding ortho intramolecular Hbond substituents is 3. The largest absolute Gasteiger partial charge is 0.508 e. The van der Waals surface area contributed by atoms with Crippen molar-refractivity contribution in [3.8, 4) is 17.2 Å². The molecule has 0 saturated carbocycles. The zero-order chi connectivity index (χ0) is 21.5. The Hall–Kier alpha value is -4.00. The van der Waals surface area contributed by atoms with Crippen molar-refractivity contribution in [2.24, 2.45) is 10.2 Å². The molecule has 154 valence electrons. The first-order valence-electron chi connectivity index (χ1n) is 9.35. The number of hydrazone groups is 2. The van der Waals surface area contributed by atoms with Gasteiger partial charge in [0.05, 0.1) is 12.4 Å². The Morgan fingerprint density at radius 3 is 1.47 bits per heavy atom. The first kappa shape index (κ1) is 20.7. The second-order valence-corrected chi connectivity index (χ2v) is 6.69. The number of nitrogens with zero attached hydrogens (tertiary/aromatic N) is 4. The van der Waals surface area contributed by atoms with Gasteiger partial charge in [-0.05, 0) is 30.3 Å². The molecule has 0 bridgehead atoms. The Morgan fingerprint density at radius 1 is 0.633 bits per heavy atom. The Morgan fingerprint density at radius 2 is 1.03 bits per heavy atom. The molecule has 3 aromatic rings. The summed E-state index contributed by atoms with van der Waals surface area (Å²) in [4.78, 5) is 0. The van der Waals surface area contributed by atoms with Gasteiger partial charge in [0.1, 0.15) is 17.2 Å². The fraction of sp³-hybridized carbons (Fsp3) is 0.130. The van der Waals surface area contributed by atoms with Gasteiger partial charge in [0.2, 0.25) is 0 Å². The fourth-order valence-electron chi connectivity index (χ4n) is 2.98. The van der Waals surface area contributed by atoms with E-state index in [2.05, 4.69) is 10.2 Å². The highest BCUT2D eigenvalue weighted by Gasteiger charge is 2.23. The van der Waals surface area contributed by atoms with Crippen LogP contribution in [0.15, 0.2) is 83.0 Å². The summed E-state index contributed by atoms with van der Waals surface area (Å²) in [5, 5.41) is 42.5. The lowest BCUT2D eigenvalue weighted by Crippen LogP contribution is -2.32. The SMILES string of the molecule is CN(N=Cc1ccccc1O)C(c1ccccc1O)N(C)N=Cc1ccccc1O. The first-order valence-corrected chi connectivity index (χ1v) is 9.35. The molecule has 0 heterocycles. The molecule has 0 saturated heterocycles. The average molecular weight is 404 g/mol. The van der Waals surface area contributed by atoms with E-state index < -0.39 is 6.17 Å². The number of rotatable bonds is 7. The minimum Gasteiger partial charge on any atom is -0.508 e. The average Bonchev–Trinajstić information content (AvgIpc) is 2.74. The molecule has 0 atom stereocenters. The monoisotopic (exact) mass is 404 g/mol. The molecular weight excluding hydrogens is 380 g/mol. The van der Waals surface area contributed by atoms with Crippen LogP contribution < -0.4 is 0 Å². The van der Waals surface area contributed by atoms with Crippen LogP contribution in [0.25, 0.3) is 0 Å². The number of hydrogen-bond donors (Lipinski definition) is 3. The van der Waals surface area contributed by atoms with E-state index in [1.54, 1.807) is 91.1 Å². The van der Waals surface area contributed by atoms with Gasteiger partial charge in [-0.25, -0.2) is 0 Å². The van der Waals surface area contributed by atoms with Gasteiger partial charge in [-0.1, -0.05) is 42.5 Å². The summed E-state index contributed by atoms with van der Waals surface area (Å²) in [7, 11) is 3.50. The van der Waals surface area contributed by atoms with Crippen molar-refractivity contribution < 1.29 is 15.3 Å². The normalized spacial score (nSPS) is 12.3. The van der Waals surface area contributed by atoms with Crippen LogP contribution in [0.1, 0.15) is 22.9 Å². The van der Waals surface area contributed by atoms with E-state index in [0.29, 0.717) is 16.7 Å². The van der Waals surface area contributed by atoms with E-state index >= 15 is 0 Å². The van der Waals surface area contributed by atoms with Crippen LogP contribution in [0.3, 0.4) is 0 Å². The van der Waals surface area contributed by atoms with Crippen molar-refractivity contribution in [3.63, 3.8) is 0 Å². The lowest BCUT2D eigenvalue weighted by atomic mass is 10.1. The molecule has 30 heavy (non-hydrogen) atoms. The minimum absolute atomic E-state index is 0.108. The molecule has 0 amide bonds. The third kappa shape index (κ3) is 4.88. The molecule has 3 N–H and O–H groups in total. The van der Waals surface area contributed by atoms with Crippen molar-refractivity contribution >= 4 is 12.4 Å².